The van der Waals surface area contributed by atoms with Gasteiger partial charge in [-0.2, -0.15) is 18.3 Å². The summed E-state index contributed by atoms with van der Waals surface area (Å²) in [5, 5.41) is 6.01. The monoisotopic (exact) mass is 402 g/mol. The molecule has 0 aliphatic carbocycles. The van der Waals surface area contributed by atoms with Crippen molar-refractivity contribution in [2.45, 2.75) is 12.1 Å². The van der Waals surface area contributed by atoms with E-state index in [2.05, 4.69) is 10.4 Å². The molecule has 11 heteroatoms. The number of hydrogen-bond donors (Lipinski definition) is 1. The Morgan fingerprint density at radius 2 is 1.89 bits per heavy atom. The first-order valence-corrected chi connectivity index (χ1v) is 8.11. The van der Waals surface area contributed by atoms with Gasteiger partial charge < -0.3 is 10.2 Å². The van der Waals surface area contributed by atoms with Crippen LogP contribution in [-0.2, 0) is 22.8 Å². The number of hydrogen-bond acceptors (Lipinski definition) is 3. The van der Waals surface area contributed by atoms with Gasteiger partial charge in [-0.05, 0) is 18.2 Å². The summed E-state index contributed by atoms with van der Waals surface area (Å²) >= 11 is 0. The standard InChI is InChI=1S/C17H15F5N4O2/c1-25-7-9(12-6-13(17(20,21)22)26(2)24-12)14(16(25)28)15(27)23-11-4-3-8(18)5-10(11)19/h3-6,9,14H,7H2,1-2H3,(H,23,27)/t9-,14+/m1/s1. The smallest absolute Gasteiger partial charge is 0.344 e. The van der Waals surface area contributed by atoms with Crippen LogP contribution in [0.5, 0.6) is 0 Å². The average molecular weight is 402 g/mol. The lowest BCUT2D eigenvalue weighted by Crippen LogP contribution is -2.33. The molecule has 2 atom stereocenters. The molecule has 28 heavy (non-hydrogen) atoms. The van der Waals surface area contributed by atoms with Crippen LogP contribution in [0.3, 0.4) is 0 Å². The van der Waals surface area contributed by atoms with Crippen LogP contribution in [0.25, 0.3) is 0 Å². The maximum atomic E-state index is 13.8. The Labute approximate surface area is 155 Å². The molecule has 2 aromatic rings. The molecular weight excluding hydrogens is 387 g/mol. The van der Waals surface area contributed by atoms with Crippen LogP contribution in [-0.4, -0.2) is 40.1 Å². The molecule has 150 valence electrons. The van der Waals surface area contributed by atoms with Crippen LogP contribution >= 0.6 is 0 Å². The molecule has 6 nitrogen and oxygen atoms in total. The average Bonchev–Trinajstić information content (AvgIpc) is 3.11. The first-order chi connectivity index (χ1) is 13.0. The van der Waals surface area contributed by atoms with Gasteiger partial charge in [0, 0.05) is 32.6 Å². The normalized spacial score (nSPS) is 20.0. The summed E-state index contributed by atoms with van der Waals surface area (Å²) in [6, 6.07) is 3.26. The molecule has 1 aliphatic rings. The van der Waals surface area contributed by atoms with Gasteiger partial charge in [-0.3, -0.25) is 14.3 Å². The van der Waals surface area contributed by atoms with Crippen LogP contribution in [0.15, 0.2) is 24.3 Å². The number of carbonyl (C=O) groups is 2. The van der Waals surface area contributed by atoms with Crippen molar-refractivity contribution < 1.29 is 31.5 Å². The van der Waals surface area contributed by atoms with E-state index in [0.717, 1.165) is 25.2 Å². The van der Waals surface area contributed by atoms with Crippen molar-refractivity contribution in [3.8, 4) is 0 Å². The predicted octanol–water partition coefficient (Wildman–Crippen LogP) is 2.53. The predicted molar refractivity (Wildman–Crippen MR) is 87.1 cm³/mol. The van der Waals surface area contributed by atoms with Crippen LogP contribution in [0.2, 0.25) is 0 Å². The molecule has 0 saturated carbocycles. The molecule has 1 fully saturated rings. The SMILES string of the molecule is CN1C[C@H](c2cc(C(F)(F)F)n(C)n2)[C@@H](C(=O)Nc2ccc(F)cc2F)C1=O. The second kappa shape index (κ2) is 6.88. The van der Waals surface area contributed by atoms with Gasteiger partial charge in [0.1, 0.15) is 23.2 Å². The van der Waals surface area contributed by atoms with Gasteiger partial charge in [-0.25, -0.2) is 8.78 Å². The Hall–Kier alpha value is -2.98. The molecule has 1 N–H and O–H groups in total. The third-order valence-corrected chi connectivity index (χ3v) is 4.56. The Morgan fingerprint density at radius 1 is 1.21 bits per heavy atom. The number of carbonyl (C=O) groups excluding carboxylic acids is 2. The number of likely N-dealkylation sites (N-methyl/N-ethyl adjacent to an activating group) is 1. The number of likely N-dealkylation sites (tertiary alicyclic amines) is 1. The lowest BCUT2D eigenvalue weighted by Gasteiger charge is -2.15. The zero-order valence-electron chi connectivity index (χ0n) is 14.7. The van der Waals surface area contributed by atoms with E-state index in [1.807, 2.05) is 0 Å². The molecule has 0 spiro atoms. The van der Waals surface area contributed by atoms with E-state index in [1.165, 1.54) is 11.9 Å². The number of amides is 2. The molecule has 2 heterocycles. The Morgan fingerprint density at radius 3 is 2.46 bits per heavy atom. The number of nitrogens with zero attached hydrogens (tertiary/aromatic N) is 3. The second-order valence-electron chi connectivity index (χ2n) is 6.49. The van der Waals surface area contributed by atoms with Crippen molar-refractivity contribution in [1.29, 1.82) is 0 Å². The van der Waals surface area contributed by atoms with Crippen molar-refractivity contribution >= 4 is 17.5 Å². The van der Waals surface area contributed by atoms with Gasteiger partial charge in [0.25, 0.3) is 0 Å². The molecule has 0 unspecified atom stereocenters. The van der Waals surface area contributed by atoms with Crippen LogP contribution in [0, 0.1) is 17.6 Å². The van der Waals surface area contributed by atoms with Crippen molar-refractivity contribution in [3.05, 3.63) is 47.3 Å². The van der Waals surface area contributed by atoms with Crippen LogP contribution in [0.1, 0.15) is 17.3 Å². The lowest BCUT2D eigenvalue weighted by atomic mass is 9.91. The van der Waals surface area contributed by atoms with Crippen molar-refractivity contribution in [3.63, 3.8) is 0 Å². The number of anilines is 1. The fourth-order valence-corrected chi connectivity index (χ4v) is 3.20. The fourth-order valence-electron chi connectivity index (χ4n) is 3.20. The summed E-state index contributed by atoms with van der Waals surface area (Å²) in [6.45, 7) is -0.0306. The number of halogens is 5. The van der Waals surface area contributed by atoms with Gasteiger partial charge in [-0.15, -0.1) is 0 Å². The van der Waals surface area contributed by atoms with E-state index in [-0.39, 0.29) is 17.9 Å². The van der Waals surface area contributed by atoms with Gasteiger partial charge in [0.15, 0.2) is 0 Å². The van der Waals surface area contributed by atoms with Crippen molar-refractivity contribution in [2.75, 3.05) is 18.9 Å². The highest BCUT2D eigenvalue weighted by Crippen LogP contribution is 2.37. The maximum Gasteiger partial charge on any atom is 0.433 e. The summed E-state index contributed by atoms with van der Waals surface area (Å²) in [6.07, 6.45) is -4.65. The topological polar surface area (TPSA) is 67.2 Å². The highest BCUT2D eigenvalue weighted by atomic mass is 19.4. The second-order valence-corrected chi connectivity index (χ2v) is 6.49. The lowest BCUT2D eigenvalue weighted by molar-refractivity contribution is -0.143. The molecule has 1 aromatic heterocycles. The summed E-state index contributed by atoms with van der Waals surface area (Å²) in [5.41, 5.74) is -1.44. The summed E-state index contributed by atoms with van der Waals surface area (Å²) in [4.78, 5) is 26.2. The van der Waals surface area contributed by atoms with Gasteiger partial charge in [-0.1, -0.05) is 0 Å². The Kier molecular flexibility index (Phi) is 4.86. The summed E-state index contributed by atoms with van der Waals surface area (Å²) in [7, 11) is 2.50. The minimum absolute atomic E-state index is 0.0306. The van der Waals surface area contributed by atoms with E-state index in [9.17, 15) is 31.5 Å². The van der Waals surface area contributed by atoms with Gasteiger partial charge in [0.05, 0.1) is 11.4 Å². The molecular formula is C17H15F5N4O2. The quantitative estimate of drug-likeness (QED) is 0.634. The number of aryl methyl sites for hydroxylation is 1. The summed E-state index contributed by atoms with van der Waals surface area (Å²) in [5.74, 6) is -5.79. The Bertz CT molecular complexity index is 940. The van der Waals surface area contributed by atoms with Gasteiger partial charge in [0.2, 0.25) is 11.8 Å². The van der Waals surface area contributed by atoms with E-state index in [0.29, 0.717) is 10.7 Å². The minimum atomic E-state index is -4.65. The number of benzene rings is 1. The van der Waals surface area contributed by atoms with Crippen molar-refractivity contribution in [2.24, 2.45) is 13.0 Å². The number of aromatic nitrogens is 2. The fraction of sp³-hybridized carbons (Fsp3) is 0.353. The van der Waals surface area contributed by atoms with E-state index < -0.39 is 47.2 Å². The molecule has 1 saturated heterocycles. The van der Waals surface area contributed by atoms with Crippen molar-refractivity contribution in [1.82, 2.24) is 14.7 Å². The number of alkyl halides is 3. The summed E-state index contributed by atoms with van der Waals surface area (Å²) < 4.78 is 66.5. The molecule has 0 radical (unpaired) electrons. The van der Waals surface area contributed by atoms with E-state index in [1.54, 1.807) is 0 Å². The highest BCUT2D eigenvalue weighted by Gasteiger charge is 2.46. The minimum Gasteiger partial charge on any atom is -0.344 e. The highest BCUT2D eigenvalue weighted by molar-refractivity contribution is 6.08. The molecule has 0 bridgehead atoms. The largest absolute Gasteiger partial charge is 0.433 e. The third-order valence-electron chi connectivity index (χ3n) is 4.56. The third kappa shape index (κ3) is 3.56. The first kappa shape index (κ1) is 19.8. The van der Waals surface area contributed by atoms with E-state index in [4.69, 9.17) is 0 Å². The molecule has 1 aromatic carbocycles. The first-order valence-electron chi connectivity index (χ1n) is 8.11. The molecule has 1 aliphatic heterocycles. The van der Waals surface area contributed by atoms with E-state index >= 15 is 0 Å². The zero-order valence-corrected chi connectivity index (χ0v) is 14.7. The van der Waals surface area contributed by atoms with Crippen LogP contribution in [0.4, 0.5) is 27.6 Å². The van der Waals surface area contributed by atoms with Crippen LogP contribution < -0.4 is 5.32 Å². The molecule has 2 amide bonds. The molecule has 3 rings (SSSR count). The Balaban J connectivity index is 1.91. The number of rotatable bonds is 3. The van der Waals surface area contributed by atoms with Gasteiger partial charge >= 0.3 is 6.18 Å². The zero-order chi connectivity index (χ0) is 20.8. The maximum absolute atomic E-state index is 13.8. The number of nitrogens with one attached hydrogen (secondary N) is 1.